The quantitative estimate of drug-likeness (QED) is 0.841. The summed E-state index contributed by atoms with van der Waals surface area (Å²) in [5.74, 6) is 1.19. The van der Waals surface area contributed by atoms with E-state index in [-0.39, 0.29) is 10.5 Å². The van der Waals surface area contributed by atoms with Crippen molar-refractivity contribution < 1.29 is 17.5 Å². The van der Waals surface area contributed by atoms with Crippen LogP contribution in [0.15, 0.2) is 29.2 Å². The topological polar surface area (TPSA) is 43.4 Å². The Morgan fingerprint density at radius 1 is 1.35 bits per heavy atom. The van der Waals surface area contributed by atoms with Crippen molar-refractivity contribution in [2.75, 3.05) is 18.1 Å². The van der Waals surface area contributed by atoms with Crippen molar-refractivity contribution in [2.24, 2.45) is 0 Å². The summed E-state index contributed by atoms with van der Waals surface area (Å²) in [5, 5.41) is -0.535. The normalized spacial score (nSPS) is 30.8. The molecule has 2 fully saturated rings. The van der Waals surface area contributed by atoms with Gasteiger partial charge in [0.25, 0.3) is 0 Å². The highest BCUT2D eigenvalue weighted by atomic mass is 32.2. The molecule has 2 heterocycles. The molecule has 0 saturated carbocycles. The minimum absolute atomic E-state index is 0.173. The predicted octanol–water partition coefficient (Wildman–Crippen LogP) is 2.65. The monoisotopic (exact) mass is 316 g/mol. The number of sulfone groups is 1. The molecular weight excluding hydrogens is 299 g/mol. The molecule has 1 spiro atoms. The lowest BCUT2D eigenvalue weighted by Gasteiger charge is -2.37. The van der Waals surface area contributed by atoms with Crippen molar-refractivity contribution in [2.45, 2.75) is 35.0 Å². The second kappa shape index (κ2) is 5.31. The van der Waals surface area contributed by atoms with Crippen LogP contribution >= 0.6 is 11.8 Å². The smallest absolute Gasteiger partial charge is 0.184 e. The third kappa shape index (κ3) is 2.49. The van der Waals surface area contributed by atoms with Crippen molar-refractivity contribution in [1.29, 1.82) is 0 Å². The van der Waals surface area contributed by atoms with Crippen LogP contribution in [0, 0.1) is 5.82 Å². The van der Waals surface area contributed by atoms with Gasteiger partial charge in [0.2, 0.25) is 0 Å². The summed E-state index contributed by atoms with van der Waals surface area (Å²) in [5.41, 5.74) is -0.314. The van der Waals surface area contributed by atoms with Gasteiger partial charge >= 0.3 is 0 Å². The first-order chi connectivity index (χ1) is 9.54. The maximum Gasteiger partial charge on any atom is 0.184 e. The molecule has 0 radical (unpaired) electrons. The van der Waals surface area contributed by atoms with Crippen molar-refractivity contribution in [1.82, 2.24) is 0 Å². The molecule has 0 aliphatic carbocycles. The fraction of sp³-hybridized carbons (Fsp3) is 0.571. The fourth-order valence-electron chi connectivity index (χ4n) is 2.97. The van der Waals surface area contributed by atoms with Gasteiger partial charge < -0.3 is 4.74 Å². The Bertz CT molecular complexity index is 594. The lowest BCUT2D eigenvalue weighted by molar-refractivity contribution is -0.0572. The molecule has 20 heavy (non-hydrogen) atoms. The van der Waals surface area contributed by atoms with Crippen molar-refractivity contribution in [3.63, 3.8) is 0 Å². The molecule has 0 bridgehead atoms. The van der Waals surface area contributed by atoms with Gasteiger partial charge in [-0.25, -0.2) is 12.8 Å². The highest BCUT2D eigenvalue weighted by molar-refractivity contribution is 7.99. The highest BCUT2D eigenvalue weighted by Gasteiger charge is 2.45. The first kappa shape index (κ1) is 14.4. The molecule has 2 unspecified atom stereocenters. The molecule has 6 heteroatoms. The first-order valence-electron chi connectivity index (χ1n) is 6.74. The summed E-state index contributed by atoms with van der Waals surface area (Å²) in [6.07, 6.45) is 1.82. The van der Waals surface area contributed by atoms with Crippen LogP contribution in [0.25, 0.3) is 0 Å². The second-order valence-corrected chi connectivity index (χ2v) is 8.73. The summed E-state index contributed by atoms with van der Waals surface area (Å²) in [6, 6.07) is 5.63. The number of halogens is 1. The summed E-state index contributed by atoms with van der Waals surface area (Å²) in [6.45, 7) is 0.443. The molecule has 110 valence electrons. The zero-order valence-corrected chi connectivity index (χ0v) is 12.7. The van der Waals surface area contributed by atoms with Crippen molar-refractivity contribution in [3.8, 4) is 0 Å². The van der Waals surface area contributed by atoms with Gasteiger partial charge in [-0.3, -0.25) is 0 Å². The van der Waals surface area contributed by atoms with Gasteiger partial charge in [-0.1, -0.05) is 12.1 Å². The molecular formula is C14H17FO3S2. The number of thioether (sulfide) groups is 1. The van der Waals surface area contributed by atoms with Crippen LogP contribution in [0.2, 0.25) is 0 Å². The van der Waals surface area contributed by atoms with Crippen molar-refractivity contribution >= 4 is 21.6 Å². The van der Waals surface area contributed by atoms with E-state index in [4.69, 9.17) is 4.74 Å². The third-order valence-corrected chi connectivity index (χ3v) is 7.54. The van der Waals surface area contributed by atoms with E-state index < -0.39 is 20.9 Å². The lowest BCUT2D eigenvalue weighted by Crippen LogP contribution is -2.44. The van der Waals surface area contributed by atoms with E-state index in [0.717, 1.165) is 17.9 Å². The summed E-state index contributed by atoms with van der Waals surface area (Å²) >= 11 is 1.80. The molecule has 1 aromatic rings. The maximum atomic E-state index is 13.8. The Balaban J connectivity index is 1.90. The third-order valence-electron chi connectivity index (χ3n) is 4.10. The van der Waals surface area contributed by atoms with Crippen LogP contribution in [0.5, 0.6) is 0 Å². The van der Waals surface area contributed by atoms with Gasteiger partial charge in [0, 0.05) is 12.4 Å². The fourth-order valence-corrected chi connectivity index (χ4v) is 6.24. The van der Waals surface area contributed by atoms with Crippen LogP contribution in [0.4, 0.5) is 4.39 Å². The van der Waals surface area contributed by atoms with Crippen LogP contribution in [-0.4, -0.2) is 37.4 Å². The van der Waals surface area contributed by atoms with Gasteiger partial charge in [0.05, 0.1) is 10.9 Å². The highest BCUT2D eigenvalue weighted by Crippen LogP contribution is 2.41. The van der Waals surface area contributed by atoms with E-state index in [2.05, 4.69) is 0 Å². The Kier molecular flexibility index (Phi) is 3.81. The van der Waals surface area contributed by atoms with E-state index in [1.807, 2.05) is 0 Å². The Hall–Kier alpha value is -0.590. The SMILES string of the molecule is O=S(=O)(c1ccccc1F)C1CCOC2(CCSC2)C1. The van der Waals surface area contributed by atoms with E-state index in [0.29, 0.717) is 19.4 Å². The summed E-state index contributed by atoms with van der Waals surface area (Å²) < 4.78 is 44.9. The largest absolute Gasteiger partial charge is 0.374 e. The molecule has 0 aromatic heterocycles. The zero-order valence-electron chi connectivity index (χ0n) is 11.0. The molecule has 2 aliphatic heterocycles. The van der Waals surface area contributed by atoms with Gasteiger partial charge in [0.15, 0.2) is 9.84 Å². The number of hydrogen-bond donors (Lipinski definition) is 0. The van der Waals surface area contributed by atoms with Crippen LogP contribution < -0.4 is 0 Å². The Labute approximate surface area is 122 Å². The first-order valence-corrected chi connectivity index (χ1v) is 9.44. The van der Waals surface area contributed by atoms with E-state index in [9.17, 15) is 12.8 Å². The number of ether oxygens (including phenoxy) is 1. The second-order valence-electron chi connectivity index (χ2n) is 5.42. The number of benzene rings is 1. The molecule has 2 aliphatic rings. The zero-order chi connectivity index (χ0) is 14.2. The average molecular weight is 316 g/mol. The van der Waals surface area contributed by atoms with Crippen LogP contribution in [0.1, 0.15) is 19.3 Å². The summed E-state index contributed by atoms with van der Waals surface area (Å²) in [4.78, 5) is -0.173. The molecule has 2 atom stereocenters. The minimum atomic E-state index is -3.62. The maximum absolute atomic E-state index is 13.8. The predicted molar refractivity (Wildman–Crippen MR) is 77.2 cm³/mol. The molecule has 1 aromatic carbocycles. The van der Waals surface area contributed by atoms with Crippen LogP contribution in [-0.2, 0) is 14.6 Å². The van der Waals surface area contributed by atoms with Crippen LogP contribution in [0.3, 0.4) is 0 Å². The van der Waals surface area contributed by atoms with Crippen molar-refractivity contribution in [3.05, 3.63) is 30.1 Å². The Morgan fingerprint density at radius 2 is 2.15 bits per heavy atom. The average Bonchev–Trinajstić information content (AvgIpc) is 2.87. The van der Waals surface area contributed by atoms with E-state index in [1.54, 1.807) is 17.8 Å². The van der Waals surface area contributed by atoms with Gasteiger partial charge in [-0.2, -0.15) is 11.8 Å². The Morgan fingerprint density at radius 3 is 2.85 bits per heavy atom. The molecule has 3 nitrogen and oxygen atoms in total. The minimum Gasteiger partial charge on any atom is -0.374 e. The molecule has 0 amide bonds. The van der Waals surface area contributed by atoms with Gasteiger partial charge in [-0.15, -0.1) is 0 Å². The number of rotatable bonds is 2. The lowest BCUT2D eigenvalue weighted by atomic mass is 9.93. The van der Waals surface area contributed by atoms with Gasteiger partial charge in [0.1, 0.15) is 10.7 Å². The van der Waals surface area contributed by atoms with E-state index >= 15 is 0 Å². The van der Waals surface area contributed by atoms with E-state index in [1.165, 1.54) is 18.2 Å². The number of hydrogen-bond acceptors (Lipinski definition) is 4. The summed E-state index contributed by atoms with van der Waals surface area (Å²) in [7, 11) is -3.62. The van der Waals surface area contributed by atoms with Gasteiger partial charge in [-0.05, 0) is 37.1 Å². The molecule has 3 rings (SSSR count). The molecule has 0 N–H and O–H groups in total. The molecule has 2 saturated heterocycles. The standard InChI is InChI=1S/C14H17FO3S2/c15-12-3-1-2-4-13(12)20(16,17)11-5-7-18-14(9-11)6-8-19-10-14/h1-4,11H,5-10H2.